The fraction of sp³-hybridized carbons (Fsp3) is 0.286. The zero-order chi connectivity index (χ0) is 23.5. The van der Waals surface area contributed by atoms with Crippen molar-refractivity contribution in [3.63, 3.8) is 0 Å². The highest BCUT2D eigenvalue weighted by Gasteiger charge is 2.30. The van der Waals surface area contributed by atoms with Crippen LogP contribution in [0.5, 0.6) is 5.75 Å². The van der Waals surface area contributed by atoms with Crippen LogP contribution in [0.25, 0.3) is 0 Å². The van der Waals surface area contributed by atoms with Crippen molar-refractivity contribution < 1.29 is 14.3 Å². The van der Waals surface area contributed by atoms with Crippen LogP contribution >= 0.6 is 0 Å². The molecular formula is C28H32N2O3. The molecule has 172 valence electrons. The second-order valence-electron chi connectivity index (χ2n) is 8.45. The van der Waals surface area contributed by atoms with Crippen molar-refractivity contribution in [1.82, 2.24) is 10.2 Å². The largest absolute Gasteiger partial charge is 0.484 e. The molecule has 0 bridgehead atoms. The van der Waals surface area contributed by atoms with Crippen LogP contribution in [0.15, 0.2) is 91.0 Å². The van der Waals surface area contributed by atoms with E-state index in [9.17, 15) is 9.59 Å². The number of hydrogen-bond donors (Lipinski definition) is 1. The molecule has 5 heteroatoms. The highest BCUT2D eigenvalue weighted by atomic mass is 16.5. The summed E-state index contributed by atoms with van der Waals surface area (Å²) in [5.41, 5.74) is 1.96. The van der Waals surface area contributed by atoms with Crippen LogP contribution in [-0.4, -0.2) is 35.9 Å². The van der Waals surface area contributed by atoms with Crippen LogP contribution in [0, 0.1) is 5.92 Å². The number of carbonyl (C=O) groups is 2. The number of hydrogen-bond acceptors (Lipinski definition) is 3. The Hall–Kier alpha value is -3.60. The van der Waals surface area contributed by atoms with Gasteiger partial charge in [-0.05, 0) is 29.2 Å². The second kappa shape index (κ2) is 12.4. The van der Waals surface area contributed by atoms with Gasteiger partial charge in [0.15, 0.2) is 6.61 Å². The first-order valence-electron chi connectivity index (χ1n) is 11.4. The molecule has 0 aliphatic heterocycles. The van der Waals surface area contributed by atoms with Crippen molar-refractivity contribution >= 4 is 11.8 Å². The lowest BCUT2D eigenvalue weighted by molar-refractivity contribution is -0.142. The zero-order valence-electron chi connectivity index (χ0n) is 19.3. The molecule has 0 heterocycles. The third kappa shape index (κ3) is 7.79. The number of nitrogens with zero attached hydrogens (tertiary/aromatic N) is 1. The van der Waals surface area contributed by atoms with Gasteiger partial charge in [0.2, 0.25) is 5.91 Å². The highest BCUT2D eigenvalue weighted by Crippen LogP contribution is 2.16. The van der Waals surface area contributed by atoms with Gasteiger partial charge in [-0.1, -0.05) is 92.7 Å². The predicted octanol–water partition coefficient (Wildman–Crippen LogP) is 4.48. The average molecular weight is 445 g/mol. The Bertz CT molecular complexity index is 991. The molecule has 1 N–H and O–H groups in total. The summed E-state index contributed by atoms with van der Waals surface area (Å²) in [5, 5.41) is 3.02. The van der Waals surface area contributed by atoms with Crippen molar-refractivity contribution in [1.29, 1.82) is 0 Å². The maximum atomic E-state index is 13.4. The number of nitrogens with one attached hydrogen (secondary N) is 1. The van der Waals surface area contributed by atoms with Crippen LogP contribution in [0.4, 0.5) is 0 Å². The predicted molar refractivity (Wildman–Crippen MR) is 131 cm³/mol. The minimum atomic E-state index is -0.654. The summed E-state index contributed by atoms with van der Waals surface area (Å²) in [4.78, 5) is 28.4. The first-order chi connectivity index (χ1) is 16.0. The summed E-state index contributed by atoms with van der Waals surface area (Å²) < 4.78 is 5.74. The molecule has 1 atom stereocenters. The normalized spacial score (nSPS) is 11.6. The summed E-state index contributed by atoms with van der Waals surface area (Å²) >= 11 is 0. The molecule has 3 aromatic carbocycles. The summed E-state index contributed by atoms with van der Waals surface area (Å²) in [6.45, 7) is 4.84. The molecule has 0 radical (unpaired) electrons. The van der Waals surface area contributed by atoms with Gasteiger partial charge in [0.25, 0.3) is 5.91 Å². The number of carbonyl (C=O) groups excluding carboxylic acids is 2. The van der Waals surface area contributed by atoms with Crippen molar-refractivity contribution in [2.45, 2.75) is 32.9 Å². The lowest BCUT2D eigenvalue weighted by Gasteiger charge is -2.31. The van der Waals surface area contributed by atoms with Gasteiger partial charge >= 0.3 is 0 Å². The summed E-state index contributed by atoms with van der Waals surface area (Å²) in [6, 6.07) is 28.1. The van der Waals surface area contributed by atoms with Gasteiger partial charge in [-0.25, -0.2) is 0 Å². The molecular weight excluding hydrogens is 412 g/mol. The maximum Gasteiger partial charge on any atom is 0.261 e. The molecule has 0 aromatic heterocycles. The van der Waals surface area contributed by atoms with E-state index in [1.807, 2.05) is 105 Å². The Balaban J connectivity index is 1.86. The molecule has 33 heavy (non-hydrogen) atoms. The lowest BCUT2D eigenvalue weighted by Crippen LogP contribution is -2.52. The summed E-state index contributed by atoms with van der Waals surface area (Å²) in [5.74, 6) is 0.542. The number of para-hydroxylation sites is 1. The first-order valence-corrected chi connectivity index (χ1v) is 11.4. The third-order valence-corrected chi connectivity index (χ3v) is 5.26. The maximum absolute atomic E-state index is 13.4. The molecule has 0 unspecified atom stereocenters. The Morgan fingerprint density at radius 3 is 1.94 bits per heavy atom. The summed E-state index contributed by atoms with van der Waals surface area (Å²) in [6.07, 6.45) is 0.425. The van der Waals surface area contributed by atoms with E-state index in [0.717, 1.165) is 11.1 Å². The molecule has 3 rings (SSSR count). The number of ether oxygens (including phenoxy) is 1. The molecule has 0 spiro atoms. The van der Waals surface area contributed by atoms with Crippen LogP contribution in [0.1, 0.15) is 25.0 Å². The summed E-state index contributed by atoms with van der Waals surface area (Å²) in [7, 11) is 0. The molecule has 2 amide bonds. The van der Waals surface area contributed by atoms with Crippen molar-refractivity contribution in [3.8, 4) is 5.75 Å². The fourth-order valence-electron chi connectivity index (χ4n) is 3.50. The quantitative estimate of drug-likeness (QED) is 0.474. The monoisotopic (exact) mass is 444 g/mol. The standard InChI is InChI=1S/C28H32N2O3/c1-22(2)19-29-28(32)26(18-23-12-6-3-7-13-23)30(20-24-14-8-4-9-15-24)27(31)21-33-25-16-10-5-11-17-25/h3-17,22,26H,18-21H2,1-2H3,(H,29,32)/t26-/m0/s1. The van der Waals surface area contributed by atoms with Crippen molar-refractivity contribution in [2.75, 3.05) is 13.2 Å². The van der Waals surface area contributed by atoms with E-state index in [1.54, 1.807) is 4.90 Å². The van der Waals surface area contributed by atoms with Crippen LogP contribution in [-0.2, 0) is 22.6 Å². The van der Waals surface area contributed by atoms with Gasteiger partial charge in [0.1, 0.15) is 11.8 Å². The van der Waals surface area contributed by atoms with Crippen LogP contribution in [0.3, 0.4) is 0 Å². The number of rotatable bonds is 11. The minimum Gasteiger partial charge on any atom is -0.484 e. The van der Waals surface area contributed by atoms with Crippen LogP contribution < -0.4 is 10.1 Å². The van der Waals surface area contributed by atoms with Crippen molar-refractivity contribution in [2.24, 2.45) is 5.92 Å². The van der Waals surface area contributed by atoms with E-state index < -0.39 is 6.04 Å². The average Bonchev–Trinajstić information content (AvgIpc) is 2.85. The molecule has 3 aromatic rings. The molecule has 0 aliphatic rings. The van der Waals surface area contributed by atoms with Gasteiger partial charge in [-0.15, -0.1) is 0 Å². The number of amides is 2. The van der Waals surface area contributed by atoms with Gasteiger partial charge in [0.05, 0.1) is 0 Å². The van der Waals surface area contributed by atoms with E-state index in [-0.39, 0.29) is 18.4 Å². The first kappa shape index (κ1) is 24.1. The molecule has 0 aliphatic carbocycles. The third-order valence-electron chi connectivity index (χ3n) is 5.26. The van der Waals surface area contributed by atoms with Gasteiger partial charge in [0, 0.05) is 19.5 Å². The van der Waals surface area contributed by atoms with E-state index in [2.05, 4.69) is 5.32 Å². The van der Waals surface area contributed by atoms with Gasteiger partial charge in [-0.2, -0.15) is 0 Å². The second-order valence-corrected chi connectivity index (χ2v) is 8.45. The Morgan fingerprint density at radius 2 is 1.36 bits per heavy atom. The fourth-order valence-corrected chi connectivity index (χ4v) is 3.50. The highest BCUT2D eigenvalue weighted by molar-refractivity contribution is 5.88. The minimum absolute atomic E-state index is 0.139. The van der Waals surface area contributed by atoms with Gasteiger partial charge < -0.3 is 15.0 Å². The van der Waals surface area contributed by atoms with E-state index >= 15 is 0 Å². The Morgan fingerprint density at radius 1 is 0.818 bits per heavy atom. The molecule has 0 fully saturated rings. The van der Waals surface area contributed by atoms with Gasteiger partial charge in [-0.3, -0.25) is 9.59 Å². The van der Waals surface area contributed by atoms with Crippen LogP contribution in [0.2, 0.25) is 0 Å². The number of benzene rings is 3. The van der Waals surface area contributed by atoms with E-state index in [1.165, 1.54) is 0 Å². The Labute approximate surface area is 196 Å². The van der Waals surface area contributed by atoms with E-state index in [0.29, 0.717) is 31.2 Å². The lowest BCUT2D eigenvalue weighted by atomic mass is 10.0. The topological polar surface area (TPSA) is 58.6 Å². The Kier molecular flexibility index (Phi) is 9.07. The van der Waals surface area contributed by atoms with E-state index in [4.69, 9.17) is 4.74 Å². The SMILES string of the molecule is CC(C)CNC(=O)[C@H](Cc1ccccc1)N(Cc1ccccc1)C(=O)COc1ccccc1. The molecule has 0 saturated carbocycles. The smallest absolute Gasteiger partial charge is 0.261 e. The zero-order valence-corrected chi connectivity index (χ0v) is 19.3. The molecule has 0 saturated heterocycles. The van der Waals surface area contributed by atoms with Crippen molar-refractivity contribution in [3.05, 3.63) is 102 Å². The molecule has 5 nitrogen and oxygen atoms in total.